The van der Waals surface area contributed by atoms with Crippen molar-refractivity contribution < 1.29 is 4.42 Å². The Bertz CT molecular complexity index is 608. The Morgan fingerprint density at radius 3 is 2.55 bits per heavy atom. The van der Waals surface area contributed by atoms with E-state index in [2.05, 4.69) is 52.9 Å². The lowest BCUT2D eigenvalue weighted by atomic mass is 10.0. The van der Waals surface area contributed by atoms with Crippen LogP contribution in [0.5, 0.6) is 0 Å². The molecule has 2 aromatic heterocycles. The highest BCUT2D eigenvalue weighted by Gasteiger charge is 2.24. The quantitative estimate of drug-likeness (QED) is 0.819. The van der Waals surface area contributed by atoms with E-state index >= 15 is 0 Å². The van der Waals surface area contributed by atoms with Crippen molar-refractivity contribution in [3.8, 4) is 0 Å². The van der Waals surface area contributed by atoms with E-state index in [-0.39, 0.29) is 0 Å². The summed E-state index contributed by atoms with van der Waals surface area (Å²) in [6.07, 6.45) is 5.71. The Balaban J connectivity index is 1.53. The van der Waals surface area contributed by atoms with Crippen LogP contribution in [0, 0.1) is 6.92 Å². The molecule has 0 radical (unpaired) electrons. The number of hydrogen-bond acceptors (Lipinski definition) is 7. The zero-order chi connectivity index (χ0) is 15.5. The van der Waals surface area contributed by atoms with Crippen LogP contribution in [0.15, 0.2) is 21.3 Å². The maximum absolute atomic E-state index is 5.44. The smallest absolute Gasteiger partial charge is 0.230 e. The molecule has 0 N–H and O–H groups in total. The summed E-state index contributed by atoms with van der Waals surface area (Å²) in [5, 5.41) is 7.93. The first-order valence-corrected chi connectivity index (χ1v) is 8.13. The number of aryl methyl sites for hydroxylation is 1. The second-order valence-corrected chi connectivity index (χ2v) is 6.45. The summed E-state index contributed by atoms with van der Waals surface area (Å²) >= 11 is 3.36. The predicted octanol–water partition coefficient (Wildman–Crippen LogP) is 2.03. The number of piperidine rings is 1. The van der Waals surface area contributed by atoms with Crippen LogP contribution in [0.25, 0.3) is 0 Å². The lowest BCUT2D eigenvalue weighted by molar-refractivity contribution is 0.185. The monoisotopic (exact) mass is 366 g/mol. The van der Waals surface area contributed by atoms with Crippen LogP contribution in [-0.4, -0.2) is 51.2 Å². The molecule has 22 heavy (non-hydrogen) atoms. The van der Waals surface area contributed by atoms with Crippen molar-refractivity contribution in [3.63, 3.8) is 0 Å². The Labute approximate surface area is 137 Å². The molecule has 1 fully saturated rings. The van der Waals surface area contributed by atoms with Gasteiger partial charge in [0.15, 0.2) is 0 Å². The third kappa shape index (κ3) is 3.61. The lowest BCUT2D eigenvalue weighted by Gasteiger charge is -2.36. The molecule has 3 rings (SSSR count). The van der Waals surface area contributed by atoms with Gasteiger partial charge >= 0.3 is 0 Å². The average molecular weight is 367 g/mol. The van der Waals surface area contributed by atoms with E-state index < -0.39 is 0 Å². The third-order valence-corrected chi connectivity index (χ3v) is 4.36. The maximum Gasteiger partial charge on any atom is 0.230 e. The van der Waals surface area contributed by atoms with Crippen LogP contribution in [0.2, 0.25) is 0 Å². The first kappa shape index (κ1) is 15.4. The topological polar surface area (TPSA) is 71.2 Å². The molecule has 118 valence electrons. The van der Waals surface area contributed by atoms with Crippen molar-refractivity contribution in [1.82, 2.24) is 25.1 Å². The number of aromatic nitrogens is 4. The van der Waals surface area contributed by atoms with Crippen molar-refractivity contribution in [2.45, 2.75) is 32.4 Å². The van der Waals surface area contributed by atoms with Gasteiger partial charge in [0, 0.05) is 45.5 Å². The molecule has 1 aliphatic rings. The SMILES string of the molecule is Cc1nnc(CN2CCC(N(C)c3ncc(Br)cn3)CC2)o1. The van der Waals surface area contributed by atoms with Gasteiger partial charge in [-0.1, -0.05) is 0 Å². The van der Waals surface area contributed by atoms with E-state index in [1.165, 1.54) is 0 Å². The van der Waals surface area contributed by atoms with Crippen LogP contribution < -0.4 is 4.90 Å². The fourth-order valence-electron chi connectivity index (χ4n) is 2.71. The van der Waals surface area contributed by atoms with Crippen molar-refractivity contribution in [2.24, 2.45) is 0 Å². The highest BCUT2D eigenvalue weighted by molar-refractivity contribution is 9.10. The first-order chi connectivity index (χ1) is 10.6. The van der Waals surface area contributed by atoms with Crippen molar-refractivity contribution in [1.29, 1.82) is 0 Å². The predicted molar refractivity (Wildman–Crippen MR) is 85.5 cm³/mol. The molecule has 0 amide bonds. The Hall–Kier alpha value is -1.54. The summed E-state index contributed by atoms with van der Waals surface area (Å²) in [5.74, 6) is 2.09. The maximum atomic E-state index is 5.44. The fourth-order valence-corrected chi connectivity index (χ4v) is 2.91. The summed E-state index contributed by atoms with van der Waals surface area (Å²) in [7, 11) is 2.06. The van der Waals surface area contributed by atoms with Crippen LogP contribution in [-0.2, 0) is 6.54 Å². The highest BCUT2D eigenvalue weighted by Crippen LogP contribution is 2.20. The molecule has 1 aliphatic heterocycles. The first-order valence-electron chi connectivity index (χ1n) is 7.33. The molecule has 7 nitrogen and oxygen atoms in total. The van der Waals surface area contributed by atoms with Crippen molar-refractivity contribution in [3.05, 3.63) is 28.6 Å². The largest absolute Gasteiger partial charge is 0.424 e. The average Bonchev–Trinajstić information content (AvgIpc) is 2.93. The molecule has 0 aromatic carbocycles. The van der Waals surface area contributed by atoms with Crippen molar-refractivity contribution in [2.75, 3.05) is 25.0 Å². The summed E-state index contributed by atoms with van der Waals surface area (Å²) in [6, 6.07) is 0.460. The normalized spacial score (nSPS) is 16.9. The molecule has 0 unspecified atom stereocenters. The fraction of sp³-hybridized carbons (Fsp3) is 0.571. The molecule has 0 spiro atoms. The number of halogens is 1. The number of rotatable bonds is 4. The summed E-state index contributed by atoms with van der Waals surface area (Å²) in [4.78, 5) is 13.2. The Morgan fingerprint density at radius 1 is 1.27 bits per heavy atom. The number of likely N-dealkylation sites (tertiary alicyclic amines) is 1. The second-order valence-electron chi connectivity index (χ2n) is 5.53. The van der Waals surface area contributed by atoms with Crippen LogP contribution >= 0.6 is 15.9 Å². The van der Waals surface area contributed by atoms with Gasteiger partial charge in [0.1, 0.15) is 0 Å². The molecular formula is C14H19BrN6O. The van der Waals surface area contributed by atoms with Gasteiger partial charge in [0.05, 0.1) is 11.0 Å². The zero-order valence-electron chi connectivity index (χ0n) is 12.7. The molecule has 0 bridgehead atoms. The molecule has 0 saturated carbocycles. The van der Waals surface area contributed by atoms with Crippen LogP contribution in [0.1, 0.15) is 24.6 Å². The standard InChI is InChI=1S/C14H19BrN6O/c1-10-18-19-13(22-10)9-21-5-3-12(4-6-21)20(2)14-16-7-11(15)8-17-14/h7-8,12H,3-6,9H2,1-2H3. The molecule has 8 heteroatoms. The van der Waals surface area contributed by atoms with E-state index in [0.29, 0.717) is 17.8 Å². The summed E-state index contributed by atoms with van der Waals surface area (Å²) in [5.41, 5.74) is 0. The zero-order valence-corrected chi connectivity index (χ0v) is 14.3. The molecule has 0 aliphatic carbocycles. The van der Waals surface area contributed by atoms with E-state index in [1.54, 1.807) is 12.4 Å². The molecular weight excluding hydrogens is 348 g/mol. The second kappa shape index (κ2) is 6.70. The van der Waals surface area contributed by atoms with Gasteiger partial charge in [-0.05, 0) is 28.8 Å². The Morgan fingerprint density at radius 2 is 1.95 bits per heavy atom. The van der Waals surface area contributed by atoms with Gasteiger partial charge < -0.3 is 9.32 Å². The molecule has 1 saturated heterocycles. The highest BCUT2D eigenvalue weighted by atomic mass is 79.9. The summed E-state index contributed by atoms with van der Waals surface area (Å²) in [6.45, 7) is 4.56. The van der Waals surface area contributed by atoms with E-state index in [4.69, 9.17) is 4.42 Å². The van der Waals surface area contributed by atoms with E-state index in [1.807, 2.05) is 6.92 Å². The minimum Gasteiger partial charge on any atom is -0.424 e. The summed E-state index contributed by atoms with van der Waals surface area (Å²) < 4.78 is 6.34. The van der Waals surface area contributed by atoms with Crippen molar-refractivity contribution >= 4 is 21.9 Å². The lowest BCUT2D eigenvalue weighted by Crippen LogP contribution is -2.43. The van der Waals surface area contributed by atoms with Gasteiger partial charge in [-0.3, -0.25) is 4.90 Å². The minimum atomic E-state index is 0.460. The number of hydrogen-bond donors (Lipinski definition) is 0. The van der Waals surface area contributed by atoms with Gasteiger partial charge in [-0.15, -0.1) is 10.2 Å². The number of anilines is 1. The van der Waals surface area contributed by atoms with Crippen LogP contribution in [0.4, 0.5) is 5.95 Å². The number of nitrogens with zero attached hydrogens (tertiary/aromatic N) is 6. The molecule has 2 aromatic rings. The Kier molecular flexibility index (Phi) is 4.68. The van der Waals surface area contributed by atoms with E-state index in [0.717, 1.165) is 42.9 Å². The van der Waals surface area contributed by atoms with Crippen LogP contribution in [0.3, 0.4) is 0 Å². The van der Waals surface area contributed by atoms with Gasteiger partial charge in [-0.2, -0.15) is 0 Å². The van der Waals surface area contributed by atoms with E-state index in [9.17, 15) is 0 Å². The van der Waals surface area contributed by atoms with Gasteiger partial charge in [0.2, 0.25) is 17.7 Å². The molecule has 0 atom stereocenters. The minimum absolute atomic E-state index is 0.460. The molecule has 3 heterocycles. The van der Waals surface area contributed by atoms with Gasteiger partial charge in [0.25, 0.3) is 0 Å². The third-order valence-electron chi connectivity index (χ3n) is 3.95. The van der Waals surface area contributed by atoms with Gasteiger partial charge in [-0.25, -0.2) is 9.97 Å².